The molecule has 3 atom stereocenters. The number of aliphatic hydroxyl groups is 1. The Morgan fingerprint density at radius 1 is 1.40 bits per heavy atom. The van der Waals surface area contributed by atoms with Crippen molar-refractivity contribution in [2.45, 2.75) is 71.2 Å². The van der Waals surface area contributed by atoms with Crippen LogP contribution in [0.5, 0.6) is 0 Å². The second-order valence-electron chi connectivity index (χ2n) is 8.25. The minimum absolute atomic E-state index is 0.0617. The van der Waals surface area contributed by atoms with Gasteiger partial charge in [0.1, 0.15) is 6.10 Å². The highest BCUT2D eigenvalue weighted by Gasteiger charge is 2.28. The van der Waals surface area contributed by atoms with Gasteiger partial charge in [-0.1, -0.05) is 17.3 Å². The molecule has 0 unspecified atom stereocenters. The zero-order valence-electron chi connectivity index (χ0n) is 18.5. The van der Waals surface area contributed by atoms with Gasteiger partial charge in [-0.25, -0.2) is 0 Å². The predicted molar refractivity (Wildman–Crippen MR) is 121 cm³/mol. The van der Waals surface area contributed by atoms with Crippen molar-refractivity contribution < 1.29 is 14.7 Å². The highest BCUT2D eigenvalue weighted by atomic mass is 16.7. The van der Waals surface area contributed by atoms with Crippen LogP contribution in [0, 0.1) is 13.8 Å². The number of hydrogen-bond acceptors (Lipinski definition) is 6. The largest absolute Gasteiger partial charge is 0.394 e. The van der Waals surface area contributed by atoms with Crippen molar-refractivity contribution in [1.29, 1.82) is 0 Å². The maximum absolute atomic E-state index is 9.62. The summed E-state index contributed by atoms with van der Waals surface area (Å²) in [7, 11) is 0. The first kappa shape index (κ1) is 22.5. The van der Waals surface area contributed by atoms with Crippen LogP contribution in [-0.4, -0.2) is 53.8 Å². The SMILES string of the molecule is C=CC[C@@H]1C=C[C@H](O/N=C(\C)CCN2CCCCc3nc(C)c(C)cc32)[C@@H](CO)O1. The van der Waals surface area contributed by atoms with Crippen molar-refractivity contribution >= 4 is 11.4 Å². The molecule has 2 aliphatic rings. The van der Waals surface area contributed by atoms with E-state index in [1.807, 2.05) is 25.2 Å². The Labute approximate surface area is 180 Å². The van der Waals surface area contributed by atoms with Crippen LogP contribution in [-0.2, 0) is 16.0 Å². The molecule has 6 nitrogen and oxygen atoms in total. The van der Waals surface area contributed by atoms with Gasteiger partial charge < -0.3 is 19.6 Å². The highest BCUT2D eigenvalue weighted by Crippen LogP contribution is 2.27. The topological polar surface area (TPSA) is 67.2 Å². The summed E-state index contributed by atoms with van der Waals surface area (Å²) >= 11 is 0. The molecule has 0 bridgehead atoms. The minimum atomic E-state index is -0.411. The lowest BCUT2D eigenvalue weighted by molar-refractivity contribution is -0.1000. The van der Waals surface area contributed by atoms with Crippen LogP contribution in [0.1, 0.15) is 49.6 Å². The number of fused-ring (bicyclic) bond motifs is 1. The van der Waals surface area contributed by atoms with E-state index in [1.165, 1.54) is 29.8 Å². The minimum Gasteiger partial charge on any atom is -0.394 e. The van der Waals surface area contributed by atoms with Crippen LogP contribution < -0.4 is 4.90 Å². The molecule has 0 saturated heterocycles. The van der Waals surface area contributed by atoms with Crippen LogP contribution in [0.25, 0.3) is 0 Å². The summed E-state index contributed by atoms with van der Waals surface area (Å²) in [6.45, 7) is 11.8. The van der Waals surface area contributed by atoms with E-state index in [9.17, 15) is 5.11 Å². The Balaban J connectivity index is 1.60. The lowest BCUT2D eigenvalue weighted by Gasteiger charge is -2.29. The summed E-state index contributed by atoms with van der Waals surface area (Å²) in [6.07, 6.45) is 9.78. The predicted octanol–water partition coefficient (Wildman–Crippen LogP) is 3.88. The van der Waals surface area contributed by atoms with Crippen LogP contribution >= 0.6 is 0 Å². The molecule has 6 heteroatoms. The monoisotopic (exact) mass is 413 g/mol. The van der Waals surface area contributed by atoms with Gasteiger partial charge in [-0.05, 0) is 64.2 Å². The zero-order chi connectivity index (χ0) is 21.5. The number of aromatic nitrogens is 1. The Morgan fingerprint density at radius 2 is 2.23 bits per heavy atom. The number of oxime groups is 1. The van der Waals surface area contributed by atoms with E-state index in [2.05, 4.69) is 36.5 Å². The van der Waals surface area contributed by atoms with E-state index in [4.69, 9.17) is 14.6 Å². The first-order valence-corrected chi connectivity index (χ1v) is 11.0. The van der Waals surface area contributed by atoms with Crippen LogP contribution in [0.2, 0.25) is 0 Å². The summed E-state index contributed by atoms with van der Waals surface area (Å²) in [5, 5.41) is 13.9. The van der Waals surface area contributed by atoms with Gasteiger partial charge in [0, 0.05) is 25.2 Å². The number of aryl methyl sites for hydroxylation is 3. The molecule has 0 aliphatic carbocycles. The first-order valence-electron chi connectivity index (χ1n) is 11.0. The van der Waals surface area contributed by atoms with Gasteiger partial charge >= 0.3 is 0 Å². The number of pyridine rings is 1. The second kappa shape index (κ2) is 10.7. The summed E-state index contributed by atoms with van der Waals surface area (Å²) in [6, 6.07) is 2.28. The Bertz CT molecular complexity index is 790. The van der Waals surface area contributed by atoms with E-state index in [0.29, 0.717) is 6.42 Å². The fourth-order valence-corrected chi connectivity index (χ4v) is 3.89. The maximum Gasteiger partial charge on any atom is 0.174 e. The Hall–Kier alpha value is -2.18. The Morgan fingerprint density at radius 3 is 3.00 bits per heavy atom. The van der Waals surface area contributed by atoms with E-state index >= 15 is 0 Å². The molecule has 164 valence electrons. The molecule has 1 aromatic heterocycles. The molecular weight excluding hydrogens is 378 g/mol. The number of ether oxygens (including phenoxy) is 1. The molecule has 1 N–H and O–H groups in total. The van der Waals surface area contributed by atoms with Crippen LogP contribution in [0.3, 0.4) is 0 Å². The molecule has 3 heterocycles. The molecule has 0 spiro atoms. The molecular formula is C24H35N3O3. The number of aliphatic hydroxyl groups excluding tert-OH is 1. The molecule has 0 radical (unpaired) electrons. The average molecular weight is 414 g/mol. The molecule has 0 amide bonds. The summed E-state index contributed by atoms with van der Waals surface area (Å²) in [5.74, 6) is 0. The van der Waals surface area contributed by atoms with Gasteiger partial charge in [-0.3, -0.25) is 4.98 Å². The average Bonchev–Trinajstić information content (AvgIpc) is 2.93. The maximum atomic E-state index is 9.62. The van der Waals surface area contributed by atoms with Crippen molar-refractivity contribution in [2.24, 2.45) is 5.16 Å². The third-order valence-electron chi connectivity index (χ3n) is 5.84. The molecule has 0 saturated carbocycles. The number of nitrogens with zero attached hydrogens (tertiary/aromatic N) is 3. The summed E-state index contributed by atoms with van der Waals surface area (Å²) in [4.78, 5) is 13.0. The van der Waals surface area contributed by atoms with Gasteiger partial charge in [-0.2, -0.15) is 0 Å². The van der Waals surface area contributed by atoms with Gasteiger partial charge in [0.05, 0.1) is 29.8 Å². The van der Waals surface area contributed by atoms with Gasteiger partial charge in [-0.15, -0.1) is 6.58 Å². The fourth-order valence-electron chi connectivity index (χ4n) is 3.89. The standard InChI is InChI=1S/C24H35N3O3/c1-5-8-20-10-11-23(24(16-28)29-20)30-26-18(3)12-14-27-13-7-6-9-21-22(27)15-17(2)19(4)25-21/h5,10-11,15,20,23-24,28H,1,6-9,12-14,16H2,2-4H3/b26-18+/t20-,23+,24-/m1/s1. The molecule has 0 fully saturated rings. The molecule has 1 aromatic rings. The summed E-state index contributed by atoms with van der Waals surface area (Å²) in [5.41, 5.74) is 5.77. The van der Waals surface area contributed by atoms with Gasteiger partial charge in [0.25, 0.3) is 0 Å². The number of hydrogen-bond donors (Lipinski definition) is 1. The van der Waals surface area contributed by atoms with Crippen LogP contribution in [0.4, 0.5) is 5.69 Å². The van der Waals surface area contributed by atoms with Gasteiger partial charge in [0.15, 0.2) is 6.10 Å². The third kappa shape index (κ3) is 5.70. The van der Waals surface area contributed by atoms with Gasteiger partial charge in [0.2, 0.25) is 0 Å². The lowest BCUT2D eigenvalue weighted by Crippen LogP contribution is -2.38. The lowest BCUT2D eigenvalue weighted by atomic mass is 10.1. The Kier molecular flexibility index (Phi) is 8.05. The van der Waals surface area contributed by atoms with E-state index in [-0.39, 0.29) is 18.8 Å². The van der Waals surface area contributed by atoms with E-state index in [1.54, 1.807) is 0 Å². The number of anilines is 1. The highest BCUT2D eigenvalue weighted by molar-refractivity contribution is 5.82. The van der Waals surface area contributed by atoms with Crippen molar-refractivity contribution in [3.8, 4) is 0 Å². The molecule has 2 aliphatic heterocycles. The molecule has 0 aromatic carbocycles. The normalized spacial score (nSPS) is 24.3. The van der Waals surface area contributed by atoms with Crippen molar-refractivity contribution in [1.82, 2.24) is 4.98 Å². The van der Waals surface area contributed by atoms with Crippen molar-refractivity contribution in [3.05, 3.63) is 47.8 Å². The fraction of sp³-hybridized carbons (Fsp3) is 0.583. The smallest absolute Gasteiger partial charge is 0.174 e. The van der Waals surface area contributed by atoms with E-state index < -0.39 is 6.10 Å². The third-order valence-corrected chi connectivity index (χ3v) is 5.84. The number of rotatable bonds is 8. The zero-order valence-corrected chi connectivity index (χ0v) is 18.5. The van der Waals surface area contributed by atoms with E-state index in [0.717, 1.165) is 37.3 Å². The van der Waals surface area contributed by atoms with Crippen LogP contribution in [0.15, 0.2) is 36.0 Å². The molecule has 3 rings (SSSR count). The van der Waals surface area contributed by atoms with Crippen molar-refractivity contribution in [3.63, 3.8) is 0 Å². The first-order chi connectivity index (χ1) is 14.5. The summed E-state index contributed by atoms with van der Waals surface area (Å²) < 4.78 is 5.83. The van der Waals surface area contributed by atoms with Crippen molar-refractivity contribution in [2.75, 3.05) is 24.6 Å². The quantitative estimate of drug-likeness (QED) is 0.398. The second-order valence-corrected chi connectivity index (χ2v) is 8.25. The molecule has 30 heavy (non-hydrogen) atoms.